The molecule has 236 valence electrons. The van der Waals surface area contributed by atoms with E-state index in [-0.39, 0.29) is 0 Å². The van der Waals surface area contributed by atoms with Gasteiger partial charge in [0.1, 0.15) is 0 Å². The Morgan fingerprint density at radius 1 is 0.340 bits per heavy atom. The van der Waals surface area contributed by atoms with Crippen molar-refractivity contribution in [3.8, 4) is 33.6 Å². The maximum Gasteiger partial charge on any atom is 0.0541 e. The summed E-state index contributed by atoms with van der Waals surface area (Å²) >= 11 is 0. The largest absolute Gasteiger partial charge is 0.313 e. The molecule has 1 aliphatic carbocycles. The highest BCUT2D eigenvalue weighted by Gasteiger charge is 2.22. The third-order valence-electron chi connectivity index (χ3n) is 10.5. The van der Waals surface area contributed by atoms with E-state index in [2.05, 4.69) is 191 Å². The number of benzene rings is 7. The first kappa shape index (κ1) is 28.6. The Morgan fingerprint density at radius 3 is 1.68 bits per heavy atom. The molecule has 50 heavy (non-hydrogen) atoms. The second kappa shape index (κ2) is 11.6. The molecule has 0 radical (unpaired) electrons. The predicted molar refractivity (Wildman–Crippen MR) is 211 cm³/mol. The van der Waals surface area contributed by atoms with E-state index in [4.69, 9.17) is 0 Å². The van der Waals surface area contributed by atoms with Crippen molar-refractivity contribution in [3.05, 3.63) is 193 Å². The topological polar surface area (TPSA) is 9.86 Å². The van der Waals surface area contributed by atoms with Gasteiger partial charge in [-0.05, 0) is 101 Å². The number of nitrogens with zero attached hydrogens (tertiary/aromatic N) is 2. The maximum atomic E-state index is 2.48. The molecule has 2 aromatic heterocycles. The minimum atomic E-state index is 0.988. The molecule has 0 atom stereocenters. The average molecular weight is 639 g/mol. The molecule has 0 saturated carbocycles. The Kier molecular flexibility index (Phi) is 6.67. The molecule has 0 spiro atoms. The second-order valence-electron chi connectivity index (χ2n) is 13.3. The Labute approximate surface area is 291 Å². The first-order valence-electron chi connectivity index (χ1n) is 17.5. The van der Waals surface area contributed by atoms with Gasteiger partial charge >= 0.3 is 0 Å². The maximum absolute atomic E-state index is 2.48. The molecule has 2 heteroatoms. The predicted octanol–water partition coefficient (Wildman–Crippen LogP) is 12.5. The molecule has 7 aromatic carbocycles. The van der Waals surface area contributed by atoms with E-state index in [0.29, 0.717) is 0 Å². The summed E-state index contributed by atoms with van der Waals surface area (Å²) in [5, 5.41) is 3.88. The minimum Gasteiger partial charge on any atom is -0.313 e. The van der Waals surface area contributed by atoms with E-state index in [9.17, 15) is 0 Å². The van der Waals surface area contributed by atoms with Crippen molar-refractivity contribution in [2.45, 2.75) is 12.8 Å². The molecular weight excluding hydrogens is 605 g/mol. The summed E-state index contributed by atoms with van der Waals surface area (Å²) in [5.74, 6) is 0. The molecule has 0 bridgehead atoms. The van der Waals surface area contributed by atoms with Gasteiger partial charge in [-0.3, -0.25) is 0 Å². The number of aromatic nitrogens is 2. The summed E-state index contributed by atoms with van der Waals surface area (Å²) in [6, 6.07) is 64.0. The van der Waals surface area contributed by atoms with E-state index in [0.717, 1.165) is 12.8 Å². The highest BCUT2D eigenvalue weighted by molar-refractivity contribution is 6.11. The van der Waals surface area contributed by atoms with Crippen LogP contribution in [-0.4, -0.2) is 9.13 Å². The standard InChI is InChI=1S/C48H34N2/c1-3-12-33(13-4-1)35-22-26-39(27-23-35)49-45-20-9-7-18-41(45)43-31-37(24-28-47(43)49)38-25-29-48-44(32-38)42-19-8-10-21-46(42)50(48)40-17-11-16-36(30-40)34-14-5-2-6-15-34/h1-23,25-27,29-32H,24,28H2. The van der Waals surface area contributed by atoms with Crippen LogP contribution in [-0.2, 0) is 6.42 Å². The monoisotopic (exact) mass is 638 g/mol. The van der Waals surface area contributed by atoms with Gasteiger partial charge in [0, 0.05) is 38.8 Å². The summed E-state index contributed by atoms with van der Waals surface area (Å²) in [6.45, 7) is 0. The highest BCUT2D eigenvalue weighted by Crippen LogP contribution is 2.41. The molecule has 0 amide bonds. The first-order valence-corrected chi connectivity index (χ1v) is 17.5. The second-order valence-corrected chi connectivity index (χ2v) is 13.3. The van der Waals surface area contributed by atoms with Crippen molar-refractivity contribution >= 4 is 44.4 Å². The summed E-state index contributed by atoms with van der Waals surface area (Å²) in [6.07, 6.45) is 4.44. The Bertz CT molecular complexity index is 2720. The van der Waals surface area contributed by atoms with E-state index < -0.39 is 0 Å². The van der Waals surface area contributed by atoms with Crippen molar-refractivity contribution in [2.75, 3.05) is 0 Å². The number of allylic oxidation sites excluding steroid dienone is 1. The number of rotatable bonds is 5. The van der Waals surface area contributed by atoms with Crippen LogP contribution in [0.2, 0.25) is 0 Å². The van der Waals surface area contributed by atoms with Gasteiger partial charge in [0.05, 0.1) is 16.6 Å². The van der Waals surface area contributed by atoms with Gasteiger partial charge in [-0.2, -0.15) is 0 Å². The van der Waals surface area contributed by atoms with E-state index in [1.165, 1.54) is 88.7 Å². The molecule has 9 aromatic rings. The molecule has 0 N–H and O–H groups in total. The molecule has 0 aliphatic heterocycles. The van der Waals surface area contributed by atoms with Crippen LogP contribution in [0.1, 0.15) is 23.2 Å². The number of hydrogen-bond acceptors (Lipinski definition) is 0. The van der Waals surface area contributed by atoms with E-state index in [1.807, 2.05) is 0 Å². The molecule has 0 fully saturated rings. The van der Waals surface area contributed by atoms with Gasteiger partial charge in [0.25, 0.3) is 0 Å². The zero-order valence-corrected chi connectivity index (χ0v) is 27.6. The normalized spacial score (nSPS) is 12.8. The van der Waals surface area contributed by atoms with Crippen molar-refractivity contribution in [1.82, 2.24) is 9.13 Å². The van der Waals surface area contributed by atoms with Crippen LogP contribution in [0.25, 0.3) is 78.0 Å². The summed E-state index contributed by atoms with van der Waals surface area (Å²) in [7, 11) is 0. The van der Waals surface area contributed by atoms with Crippen molar-refractivity contribution in [3.63, 3.8) is 0 Å². The van der Waals surface area contributed by atoms with Crippen molar-refractivity contribution in [1.29, 1.82) is 0 Å². The van der Waals surface area contributed by atoms with Crippen LogP contribution in [0.5, 0.6) is 0 Å². The third kappa shape index (κ3) is 4.64. The Hall–Kier alpha value is -6.38. The van der Waals surface area contributed by atoms with Gasteiger partial charge in [0.15, 0.2) is 0 Å². The summed E-state index contributed by atoms with van der Waals surface area (Å²) in [4.78, 5) is 0. The lowest BCUT2D eigenvalue weighted by molar-refractivity contribution is 0.898. The van der Waals surface area contributed by atoms with E-state index >= 15 is 0 Å². The van der Waals surface area contributed by atoms with Crippen LogP contribution < -0.4 is 0 Å². The van der Waals surface area contributed by atoms with Gasteiger partial charge in [-0.15, -0.1) is 0 Å². The van der Waals surface area contributed by atoms with Crippen LogP contribution in [0.4, 0.5) is 0 Å². The van der Waals surface area contributed by atoms with Crippen LogP contribution >= 0.6 is 0 Å². The number of fused-ring (bicyclic) bond motifs is 6. The van der Waals surface area contributed by atoms with Crippen molar-refractivity contribution < 1.29 is 0 Å². The average Bonchev–Trinajstić information content (AvgIpc) is 3.71. The number of para-hydroxylation sites is 2. The highest BCUT2D eigenvalue weighted by atomic mass is 15.0. The molecule has 2 nitrogen and oxygen atoms in total. The third-order valence-corrected chi connectivity index (χ3v) is 10.5. The molecule has 0 saturated heterocycles. The molecule has 2 heterocycles. The lowest BCUT2D eigenvalue weighted by Gasteiger charge is -2.18. The smallest absolute Gasteiger partial charge is 0.0541 e. The van der Waals surface area contributed by atoms with Crippen LogP contribution in [0, 0.1) is 0 Å². The van der Waals surface area contributed by atoms with Crippen LogP contribution in [0.3, 0.4) is 0 Å². The lowest BCUT2D eigenvalue weighted by atomic mass is 9.90. The number of hydrogen-bond donors (Lipinski definition) is 0. The molecular formula is C48H34N2. The van der Waals surface area contributed by atoms with Crippen LogP contribution in [0.15, 0.2) is 176 Å². The quantitative estimate of drug-likeness (QED) is 0.178. The Balaban J connectivity index is 1.08. The minimum absolute atomic E-state index is 0.988. The van der Waals surface area contributed by atoms with Gasteiger partial charge in [0.2, 0.25) is 0 Å². The SMILES string of the molecule is C1=C(c2ccc3c(c2)c2ccccc2n3-c2cccc(-c3ccccc3)c2)CCc2c1c1ccccc1n2-c1ccc(-c2ccccc2)cc1. The van der Waals surface area contributed by atoms with Crippen molar-refractivity contribution in [2.24, 2.45) is 0 Å². The summed E-state index contributed by atoms with van der Waals surface area (Å²) < 4.78 is 4.90. The molecule has 0 unspecified atom stereocenters. The zero-order valence-electron chi connectivity index (χ0n) is 27.6. The van der Waals surface area contributed by atoms with Gasteiger partial charge < -0.3 is 9.13 Å². The van der Waals surface area contributed by atoms with Gasteiger partial charge in [-0.25, -0.2) is 0 Å². The lowest BCUT2D eigenvalue weighted by Crippen LogP contribution is -2.05. The zero-order chi connectivity index (χ0) is 33.0. The first-order chi connectivity index (χ1) is 24.8. The molecule has 1 aliphatic rings. The fourth-order valence-corrected chi connectivity index (χ4v) is 8.09. The fourth-order valence-electron chi connectivity index (χ4n) is 8.09. The van der Waals surface area contributed by atoms with Gasteiger partial charge in [-0.1, -0.05) is 127 Å². The Morgan fingerprint density at radius 2 is 0.920 bits per heavy atom. The summed E-state index contributed by atoms with van der Waals surface area (Å²) in [5.41, 5.74) is 16.5. The molecule has 10 rings (SSSR count). The fraction of sp³-hybridized carbons (Fsp3) is 0.0417. The van der Waals surface area contributed by atoms with E-state index in [1.54, 1.807) is 0 Å².